The Balaban J connectivity index is 1.77. The van der Waals surface area contributed by atoms with E-state index < -0.39 is 13.0 Å². The van der Waals surface area contributed by atoms with Gasteiger partial charge in [-0.3, -0.25) is 0 Å². The van der Waals surface area contributed by atoms with E-state index in [-0.39, 0.29) is 18.2 Å². The highest BCUT2D eigenvalue weighted by Gasteiger charge is 2.31. The van der Waals surface area contributed by atoms with E-state index >= 15 is 0 Å². The van der Waals surface area contributed by atoms with Gasteiger partial charge in [-0.2, -0.15) is 0 Å². The summed E-state index contributed by atoms with van der Waals surface area (Å²) < 4.78 is 30.4. The van der Waals surface area contributed by atoms with Crippen LogP contribution in [0, 0.1) is 0 Å². The van der Waals surface area contributed by atoms with Crippen molar-refractivity contribution in [1.29, 1.82) is 0 Å². The van der Waals surface area contributed by atoms with Crippen LogP contribution in [-0.4, -0.2) is 25.2 Å². The second-order valence-corrected chi connectivity index (χ2v) is 6.22. The van der Waals surface area contributed by atoms with Gasteiger partial charge in [0.05, 0.1) is 12.1 Å². The van der Waals surface area contributed by atoms with Crippen molar-refractivity contribution >= 4 is 0 Å². The smallest absolute Gasteiger partial charge is 0.261 e. The highest BCUT2D eigenvalue weighted by atomic mass is 19.3. The van der Waals surface area contributed by atoms with Crippen molar-refractivity contribution in [3.8, 4) is 0 Å². The molecule has 1 N–H and O–H groups in total. The van der Waals surface area contributed by atoms with Crippen LogP contribution in [0.25, 0.3) is 0 Å². The summed E-state index contributed by atoms with van der Waals surface area (Å²) in [5.41, 5.74) is 2.34. The van der Waals surface area contributed by atoms with Crippen molar-refractivity contribution in [3.63, 3.8) is 0 Å². The van der Waals surface area contributed by atoms with Gasteiger partial charge in [0.2, 0.25) is 0 Å². The fourth-order valence-electron chi connectivity index (χ4n) is 3.40. The molecule has 2 aromatic rings. The molecule has 0 spiro atoms. The fraction of sp³-hybridized carbons (Fsp3) is 0.400. The molecule has 2 unspecified atom stereocenters. The second-order valence-electron chi connectivity index (χ2n) is 6.22. The maximum atomic E-state index is 12.5. The van der Waals surface area contributed by atoms with Gasteiger partial charge in [0.25, 0.3) is 6.43 Å². The molecule has 0 amide bonds. The van der Waals surface area contributed by atoms with Crippen LogP contribution in [0.2, 0.25) is 0 Å². The maximum Gasteiger partial charge on any atom is 0.261 e. The van der Waals surface area contributed by atoms with Crippen LogP contribution in [0.4, 0.5) is 8.78 Å². The molecule has 0 heterocycles. The molecule has 0 radical (unpaired) electrons. The van der Waals surface area contributed by atoms with Crippen molar-refractivity contribution in [3.05, 3.63) is 71.8 Å². The van der Waals surface area contributed by atoms with Crippen LogP contribution < -0.4 is 5.32 Å². The summed E-state index contributed by atoms with van der Waals surface area (Å²) in [6.07, 6.45) is 0.228. The summed E-state index contributed by atoms with van der Waals surface area (Å²) >= 11 is 0. The highest BCUT2D eigenvalue weighted by molar-refractivity contribution is 5.31. The Labute approximate surface area is 141 Å². The summed E-state index contributed by atoms with van der Waals surface area (Å²) in [4.78, 5) is 0. The summed E-state index contributed by atoms with van der Waals surface area (Å²) in [5, 5.41) is 3.65. The minimum atomic E-state index is -2.41. The molecule has 1 aliphatic carbocycles. The van der Waals surface area contributed by atoms with Crippen LogP contribution in [0.5, 0.6) is 0 Å². The van der Waals surface area contributed by atoms with E-state index in [4.69, 9.17) is 4.74 Å². The van der Waals surface area contributed by atoms with E-state index in [9.17, 15) is 8.78 Å². The van der Waals surface area contributed by atoms with Gasteiger partial charge in [-0.1, -0.05) is 60.7 Å². The second kappa shape index (κ2) is 8.36. The molecule has 2 nitrogen and oxygen atoms in total. The van der Waals surface area contributed by atoms with Gasteiger partial charge in [-0.15, -0.1) is 0 Å². The van der Waals surface area contributed by atoms with Crippen molar-refractivity contribution < 1.29 is 13.5 Å². The Kier molecular flexibility index (Phi) is 5.94. The molecule has 0 saturated heterocycles. The average Bonchev–Trinajstić information content (AvgIpc) is 3.06. The number of hydrogen-bond donors (Lipinski definition) is 1. The Morgan fingerprint density at radius 2 is 1.50 bits per heavy atom. The first-order chi connectivity index (χ1) is 11.7. The molecule has 0 aliphatic heterocycles. The number of benzene rings is 2. The third-order valence-electron chi connectivity index (χ3n) is 4.54. The minimum absolute atomic E-state index is 0.0353. The topological polar surface area (TPSA) is 21.3 Å². The predicted molar refractivity (Wildman–Crippen MR) is 91.2 cm³/mol. The van der Waals surface area contributed by atoms with E-state index in [2.05, 4.69) is 29.6 Å². The van der Waals surface area contributed by atoms with Crippen molar-refractivity contribution in [2.75, 3.05) is 6.61 Å². The van der Waals surface area contributed by atoms with Crippen LogP contribution in [0.1, 0.15) is 36.4 Å². The van der Waals surface area contributed by atoms with Gasteiger partial charge in [-0.25, -0.2) is 8.78 Å². The zero-order chi connectivity index (χ0) is 16.8. The summed E-state index contributed by atoms with van der Waals surface area (Å²) in [5.74, 6) is 0. The van der Waals surface area contributed by atoms with E-state index in [0.717, 1.165) is 19.3 Å². The lowest BCUT2D eigenvalue weighted by atomic mass is 9.97. The van der Waals surface area contributed by atoms with Crippen molar-refractivity contribution in [2.24, 2.45) is 0 Å². The Morgan fingerprint density at radius 3 is 2.04 bits per heavy atom. The zero-order valence-electron chi connectivity index (χ0n) is 13.6. The third-order valence-corrected chi connectivity index (χ3v) is 4.54. The molecule has 24 heavy (non-hydrogen) atoms. The van der Waals surface area contributed by atoms with Gasteiger partial charge in [-0.05, 0) is 30.4 Å². The Bertz CT molecular complexity index is 566. The molecule has 0 aromatic heterocycles. The molecule has 0 bridgehead atoms. The molecule has 1 fully saturated rings. The molecular formula is C20H23F2NO. The molecular weight excluding hydrogens is 308 g/mol. The summed E-state index contributed by atoms with van der Waals surface area (Å²) in [6, 6.07) is 20.6. The summed E-state index contributed by atoms with van der Waals surface area (Å²) in [7, 11) is 0. The predicted octanol–water partition coefficient (Wildman–Crippen LogP) is 4.57. The van der Waals surface area contributed by atoms with Crippen LogP contribution in [-0.2, 0) is 4.74 Å². The van der Waals surface area contributed by atoms with Gasteiger partial charge in [0, 0.05) is 6.04 Å². The number of rotatable bonds is 7. The van der Waals surface area contributed by atoms with E-state index in [1.807, 2.05) is 36.4 Å². The van der Waals surface area contributed by atoms with Gasteiger partial charge < -0.3 is 10.1 Å². The van der Waals surface area contributed by atoms with E-state index in [1.165, 1.54) is 11.1 Å². The fourth-order valence-corrected chi connectivity index (χ4v) is 3.40. The van der Waals surface area contributed by atoms with Crippen LogP contribution in [0.15, 0.2) is 60.7 Å². The number of ether oxygens (including phenoxy) is 1. The molecule has 3 rings (SSSR count). The van der Waals surface area contributed by atoms with Gasteiger partial charge >= 0.3 is 0 Å². The largest absolute Gasteiger partial charge is 0.371 e. The van der Waals surface area contributed by atoms with Crippen LogP contribution >= 0.6 is 0 Å². The molecule has 1 aliphatic rings. The molecule has 2 aromatic carbocycles. The maximum absolute atomic E-state index is 12.5. The van der Waals surface area contributed by atoms with E-state index in [0.29, 0.717) is 0 Å². The van der Waals surface area contributed by atoms with Gasteiger partial charge in [0.15, 0.2) is 0 Å². The average molecular weight is 331 g/mol. The number of hydrogen-bond acceptors (Lipinski definition) is 2. The molecule has 2 atom stereocenters. The molecule has 1 saturated carbocycles. The van der Waals surface area contributed by atoms with E-state index in [1.54, 1.807) is 0 Å². The van der Waals surface area contributed by atoms with Gasteiger partial charge in [0.1, 0.15) is 6.61 Å². The first kappa shape index (κ1) is 17.1. The monoisotopic (exact) mass is 331 g/mol. The summed E-state index contributed by atoms with van der Waals surface area (Å²) in [6.45, 7) is -0.482. The number of halogens is 2. The number of alkyl halides is 2. The van der Waals surface area contributed by atoms with Crippen molar-refractivity contribution in [1.82, 2.24) is 5.32 Å². The first-order valence-electron chi connectivity index (χ1n) is 8.49. The lowest BCUT2D eigenvalue weighted by molar-refractivity contribution is -0.0310. The minimum Gasteiger partial charge on any atom is -0.371 e. The third kappa shape index (κ3) is 4.40. The standard InChI is InChI=1S/C20H23F2NO/c21-19(22)14-24-18-13-7-12-17(18)23-20(15-8-3-1-4-9-15)16-10-5-2-6-11-16/h1-6,8-11,17-20,23H,7,12-14H2. The van der Waals surface area contributed by atoms with Crippen LogP contribution in [0.3, 0.4) is 0 Å². The SMILES string of the molecule is FC(F)COC1CCCC1NC(c1ccccc1)c1ccccc1. The highest BCUT2D eigenvalue weighted by Crippen LogP contribution is 2.28. The molecule has 4 heteroatoms. The zero-order valence-corrected chi connectivity index (χ0v) is 13.6. The Morgan fingerprint density at radius 1 is 0.917 bits per heavy atom. The lowest BCUT2D eigenvalue weighted by Crippen LogP contribution is -2.40. The normalized spacial score (nSPS) is 20.8. The van der Waals surface area contributed by atoms with Crippen molar-refractivity contribution in [2.45, 2.75) is 43.9 Å². The quantitative estimate of drug-likeness (QED) is 0.802. The lowest BCUT2D eigenvalue weighted by Gasteiger charge is -2.28. The Hall–Kier alpha value is -1.78. The first-order valence-corrected chi connectivity index (χ1v) is 8.49. The molecule has 128 valence electrons. The number of nitrogens with one attached hydrogen (secondary N) is 1.